The van der Waals surface area contributed by atoms with Crippen LogP contribution in [-0.4, -0.2) is 38.7 Å². The molecule has 1 amide bonds. The van der Waals surface area contributed by atoms with Crippen molar-refractivity contribution in [3.05, 3.63) is 10.6 Å². The van der Waals surface area contributed by atoms with Gasteiger partial charge in [-0.2, -0.15) is 5.10 Å². The molecule has 1 aromatic heterocycles. The van der Waals surface area contributed by atoms with E-state index in [0.29, 0.717) is 17.2 Å². The van der Waals surface area contributed by atoms with Gasteiger partial charge in [0.1, 0.15) is 12.4 Å². The molecule has 2 heterocycles. The Kier molecular flexibility index (Phi) is 4.74. The van der Waals surface area contributed by atoms with E-state index < -0.39 is 0 Å². The van der Waals surface area contributed by atoms with E-state index in [2.05, 4.69) is 24.0 Å². The van der Waals surface area contributed by atoms with E-state index in [0.717, 1.165) is 44.6 Å². The van der Waals surface area contributed by atoms with Gasteiger partial charge in [0.2, 0.25) is 5.91 Å². The average molecular weight is 282 g/mol. The van der Waals surface area contributed by atoms with Crippen molar-refractivity contribution in [2.45, 2.75) is 46.1 Å². The summed E-state index contributed by atoms with van der Waals surface area (Å²) in [6.07, 6.45) is 4.12. The van der Waals surface area contributed by atoms with Gasteiger partial charge in [-0.15, -0.1) is 0 Å². The van der Waals surface area contributed by atoms with Crippen molar-refractivity contribution < 1.29 is 4.79 Å². The molecule has 1 atom stereocenters. The fraction of sp³-hybridized carbons (Fsp3) is 0.769. The van der Waals surface area contributed by atoms with E-state index in [9.17, 15) is 4.79 Å². The summed E-state index contributed by atoms with van der Waals surface area (Å²) < 4.78 is 2.38. The van der Waals surface area contributed by atoms with Gasteiger partial charge in [0.25, 0.3) is 0 Å². The van der Waals surface area contributed by atoms with E-state index in [4.69, 9.17) is 12.2 Å². The number of aryl methyl sites for hydroxylation is 1. The van der Waals surface area contributed by atoms with Crippen molar-refractivity contribution in [2.24, 2.45) is 5.92 Å². The number of aromatic nitrogens is 3. The zero-order valence-corrected chi connectivity index (χ0v) is 12.5. The predicted molar refractivity (Wildman–Crippen MR) is 76.4 cm³/mol. The van der Waals surface area contributed by atoms with Crippen LogP contribution in [0.2, 0.25) is 0 Å². The van der Waals surface area contributed by atoms with Crippen LogP contribution in [0.5, 0.6) is 0 Å². The van der Waals surface area contributed by atoms with Gasteiger partial charge in [-0.25, -0.2) is 0 Å². The Morgan fingerprint density at radius 1 is 1.53 bits per heavy atom. The van der Waals surface area contributed by atoms with Gasteiger partial charge in [0, 0.05) is 19.5 Å². The number of carbonyl (C=O) groups is 1. The van der Waals surface area contributed by atoms with Gasteiger partial charge in [0.05, 0.1) is 0 Å². The highest BCUT2D eigenvalue weighted by Gasteiger charge is 2.25. The number of nitrogens with zero attached hydrogens (tertiary/aromatic N) is 3. The molecule has 5 nitrogen and oxygen atoms in total. The summed E-state index contributed by atoms with van der Waals surface area (Å²) in [4.78, 5) is 14.3. The van der Waals surface area contributed by atoms with Crippen LogP contribution in [0, 0.1) is 10.7 Å². The third kappa shape index (κ3) is 3.23. The summed E-state index contributed by atoms with van der Waals surface area (Å²) in [5.41, 5.74) is 0. The Morgan fingerprint density at radius 3 is 2.95 bits per heavy atom. The lowest BCUT2D eigenvalue weighted by Crippen LogP contribution is -2.32. The van der Waals surface area contributed by atoms with Crippen LogP contribution < -0.4 is 0 Å². The minimum atomic E-state index is 0.158. The number of H-pyrrole nitrogens is 1. The molecule has 0 radical (unpaired) electrons. The van der Waals surface area contributed by atoms with Crippen molar-refractivity contribution in [3.63, 3.8) is 0 Å². The van der Waals surface area contributed by atoms with Gasteiger partial charge in [-0.1, -0.05) is 20.3 Å². The second-order valence-corrected chi connectivity index (χ2v) is 5.57. The minimum Gasteiger partial charge on any atom is -0.341 e. The van der Waals surface area contributed by atoms with E-state index in [-0.39, 0.29) is 5.91 Å². The smallest absolute Gasteiger partial charge is 0.242 e. The van der Waals surface area contributed by atoms with Crippen molar-refractivity contribution in [2.75, 3.05) is 13.1 Å². The van der Waals surface area contributed by atoms with Gasteiger partial charge in [0.15, 0.2) is 4.77 Å². The summed E-state index contributed by atoms with van der Waals surface area (Å²) in [6.45, 7) is 6.37. The molecule has 106 valence electrons. The zero-order chi connectivity index (χ0) is 13.8. The molecule has 1 N–H and O–H groups in total. The molecule has 1 fully saturated rings. The first-order chi connectivity index (χ1) is 9.15. The zero-order valence-electron chi connectivity index (χ0n) is 11.7. The highest BCUT2D eigenvalue weighted by atomic mass is 32.1. The van der Waals surface area contributed by atoms with Gasteiger partial charge >= 0.3 is 0 Å². The second kappa shape index (κ2) is 6.32. The molecule has 0 spiro atoms. The summed E-state index contributed by atoms with van der Waals surface area (Å²) in [5, 5.41) is 6.97. The minimum absolute atomic E-state index is 0.158. The van der Waals surface area contributed by atoms with Crippen molar-refractivity contribution in [3.8, 4) is 0 Å². The third-order valence-corrected chi connectivity index (χ3v) is 4.13. The maximum atomic E-state index is 12.3. The molecule has 6 heteroatoms. The largest absolute Gasteiger partial charge is 0.341 e. The molecule has 0 aliphatic carbocycles. The lowest BCUT2D eigenvalue weighted by molar-refractivity contribution is -0.131. The van der Waals surface area contributed by atoms with Gasteiger partial charge in [-0.05, 0) is 31.0 Å². The van der Waals surface area contributed by atoms with Crippen molar-refractivity contribution in [1.29, 1.82) is 0 Å². The molecule has 0 saturated carbocycles. The number of hydrogen-bond acceptors (Lipinski definition) is 3. The molecule has 1 aliphatic heterocycles. The topological polar surface area (TPSA) is 53.9 Å². The number of hydrogen-bond donors (Lipinski definition) is 1. The second-order valence-electron chi connectivity index (χ2n) is 5.18. The number of rotatable bonds is 5. The number of likely N-dealkylation sites (tertiary alicyclic amines) is 1. The first-order valence-electron chi connectivity index (χ1n) is 7.07. The normalized spacial score (nSPS) is 19.1. The molecule has 2 rings (SSSR count). The Bertz CT molecular complexity index is 493. The van der Waals surface area contributed by atoms with Crippen LogP contribution in [0.4, 0.5) is 0 Å². The summed E-state index contributed by atoms with van der Waals surface area (Å²) >= 11 is 5.20. The molecule has 1 aliphatic rings. The Morgan fingerprint density at radius 2 is 2.32 bits per heavy atom. The van der Waals surface area contributed by atoms with E-state index in [1.165, 1.54) is 0 Å². The fourth-order valence-electron chi connectivity index (χ4n) is 2.56. The first kappa shape index (κ1) is 14.2. The van der Waals surface area contributed by atoms with Crippen LogP contribution >= 0.6 is 12.2 Å². The molecule has 0 unspecified atom stereocenters. The van der Waals surface area contributed by atoms with Crippen molar-refractivity contribution in [1.82, 2.24) is 19.7 Å². The number of aromatic amines is 1. The van der Waals surface area contributed by atoms with Gasteiger partial charge in [-0.3, -0.25) is 14.5 Å². The SMILES string of the molecule is CCCc1n[nH]c(=S)n1CC(=O)N1CC[C@@H](CC)C1. The van der Waals surface area contributed by atoms with Crippen LogP contribution in [-0.2, 0) is 17.8 Å². The van der Waals surface area contributed by atoms with Gasteiger partial charge < -0.3 is 4.90 Å². The summed E-state index contributed by atoms with van der Waals surface area (Å²) in [7, 11) is 0. The Balaban J connectivity index is 2.03. The molecular weight excluding hydrogens is 260 g/mol. The standard InChI is InChI=1S/C13H22N4OS/c1-3-5-11-14-15-13(19)17(11)9-12(18)16-7-6-10(4-2)8-16/h10H,3-9H2,1-2H3,(H,15,19)/t10-/m1/s1. The maximum absolute atomic E-state index is 12.3. The lowest BCUT2D eigenvalue weighted by Gasteiger charge is -2.17. The van der Waals surface area contributed by atoms with Crippen LogP contribution in [0.25, 0.3) is 0 Å². The first-order valence-corrected chi connectivity index (χ1v) is 7.48. The van der Waals surface area contributed by atoms with E-state index in [1.54, 1.807) is 0 Å². The molecule has 1 saturated heterocycles. The average Bonchev–Trinajstić information content (AvgIpc) is 3.00. The molecule has 19 heavy (non-hydrogen) atoms. The van der Waals surface area contributed by atoms with Crippen LogP contribution in [0.15, 0.2) is 0 Å². The molecule has 0 aromatic carbocycles. The Hall–Kier alpha value is -1.17. The monoisotopic (exact) mass is 282 g/mol. The van der Waals surface area contributed by atoms with E-state index in [1.807, 2.05) is 9.47 Å². The highest BCUT2D eigenvalue weighted by molar-refractivity contribution is 7.71. The molecule has 0 bridgehead atoms. The van der Waals surface area contributed by atoms with Crippen LogP contribution in [0.1, 0.15) is 38.9 Å². The Labute approximate surface area is 119 Å². The van der Waals surface area contributed by atoms with E-state index >= 15 is 0 Å². The molecular formula is C13H22N4OS. The van der Waals surface area contributed by atoms with Crippen molar-refractivity contribution >= 4 is 18.1 Å². The predicted octanol–water partition coefficient (Wildman–Crippen LogP) is 2.15. The molecule has 1 aromatic rings. The lowest BCUT2D eigenvalue weighted by atomic mass is 10.1. The number of amides is 1. The fourth-order valence-corrected chi connectivity index (χ4v) is 2.77. The van der Waals surface area contributed by atoms with Crippen LogP contribution in [0.3, 0.4) is 0 Å². The third-order valence-electron chi connectivity index (χ3n) is 3.82. The highest BCUT2D eigenvalue weighted by Crippen LogP contribution is 2.19. The quantitative estimate of drug-likeness (QED) is 0.842. The number of carbonyl (C=O) groups excluding carboxylic acids is 1. The summed E-state index contributed by atoms with van der Waals surface area (Å²) in [6, 6.07) is 0. The number of nitrogens with one attached hydrogen (secondary N) is 1. The maximum Gasteiger partial charge on any atom is 0.242 e. The summed E-state index contributed by atoms with van der Waals surface area (Å²) in [5.74, 6) is 1.70.